The van der Waals surface area contributed by atoms with Crippen molar-refractivity contribution in [2.24, 2.45) is 5.92 Å². The second-order valence-corrected chi connectivity index (χ2v) is 11.0. The zero-order valence-corrected chi connectivity index (χ0v) is 20.2. The minimum Gasteiger partial charge on any atom is -0.350 e. The lowest BCUT2D eigenvalue weighted by Crippen LogP contribution is -2.58. The third-order valence-corrected chi connectivity index (χ3v) is 8.09. The van der Waals surface area contributed by atoms with E-state index in [1.165, 1.54) is 0 Å². The Morgan fingerprint density at radius 3 is 2.58 bits per heavy atom. The molecule has 2 aromatic rings. The first kappa shape index (κ1) is 23.3. The van der Waals surface area contributed by atoms with Gasteiger partial charge in [-0.25, -0.2) is 0 Å². The Morgan fingerprint density at radius 1 is 1.18 bits per heavy atom. The maximum absolute atomic E-state index is 13.6. The number of rotatable bonds is 7. The van der Waals surface area contributed by atoms with Gasteiger partial charge in [0.05, 0.1) is 0 Å². The minimum atomic E-state index is -0.690. The van der Waals surface area contributed by atoms with Crippen LogP contribution in [0, 0.1) is 5.92 Å². The molecule has 4 atom stereocenters. The lowest BCUT2D eigenvalue weighted by Gasteiger charge is -2.32. The van der Waals surface area contributed by atoms with Gasteiger partial charge in [0.15, 0.2) is 0 Å². The highest BCUT2D eigenvalue weighted by molar-refractivity contribution is 8.01. The molecule has 174 valence electrons. The van der Waals surface area contributed by atoms with Gasteiger partial charge < -0.3 is 15.5 Å². The van der Waals surface area contributed by atoms with E-state index in [2.05, 4.69) is 15.6 Å². The largest absolute Gasteiger partial charge is 0.350 e. The molecule has 33 heavy (non-hydrogen) atoms. The van der Waals surface area contributed by atoms with Crippen LogP contribution in [0.4, 0.5) is 0 Å². The first-order chi connectivity index (χ1) is 15.7. The predicted molar refractivity (Wildman–Crippen MR) is 128 cm³/mol. The summed E-state index contributed by atoms with van der Waals surface area (Å²) >= 11 is 1.62. The Bertz CT molecular complexity index is 1060. The van der Waals surface area contributed by atoms with Gasteiger partial charge in [0, 0.05) is 29.2 Å². The topological polar surface area (TPSA) is 91.4 Å². The second-order valence-electron chi connectivity index (χ2n) is 9.22. The van der Waals surface area contributed by atoms with Crippen molar-refractivity contribution in [3.05, 3.63) is 65.5 Å². The van der Waals surface area contributed by atoms with Crippen LogP contribution in [-0.4, -0.2) is 44.4 Å². The van der Waals surface area contributed by atoms with Gasteiger partial charge in [-0.05, 0) is 49.1 Å². The molecule has 1 saturated heterocycles. The molecular weight excluding hydrogens is 436 g/mol. The van der Waals surface area contributed by atoms with Crippen molar-refractivity contribution in [3.8, 4) is 0 Å². The summed E-state index contributed by atoms with van der Waals surface area (Å²) in [5.74, 6) is -0.715. The van der Waals surface area contributed by atoms with E-state index in [4.69, 9.17) is 0 Å². The molecule has 7 nitrogen and oxygen atoms in total. The van der Waals surface area contributed by atoms with E-state index in [0.29, 0.717) is 12.1 Å². The number of pyridine rings is 1. The number of nitrogens with zero attached hydrogens (tertiary/aromatic N) is 2. The highest BCUT2D eigenvalue weighted by Crippen LogP contribution is 2.56. The van der Waals surface area contributed by atoms with Crippen molar-refractivity contribution < 1.29 is 14.4 Å². The first-order valence-electron chi connectivity index (χ1n) is 11.3. The molecule has 1 fully saturated rings. The molecule has 3 amide bonds. The summed E-state index contributed by atoms with van der Waals surface area (Å²) in [4.78, 5) is 45.6. The van der Waals surface area contributed by atoms with Gasteiger partial charge in [-0.15, -0.1) is 11.8 Å². The number of fused-ring (bicyclic) bond motifs is 3. The molecule has 0 radical (unpaired) electrons. The molecule has 1 aromatic carbocycles. The van der Waals surface area contributed by atoms with Crippen molar-refractivity contribution in [1.82, 2.24) is 20.5 Å². The van der Waals surface area contributed by atoms with E-state index in [0.717, 1.165) is 17.5 Å². The van der Waals surface area contributed by atoms with Crippen molar-refractivity contribution in [2.45, 2.75) is 62.9 Å². The number of nitrogens with one attached hydrogen (secondary N) is 2. The fourth-order valence-corrected chi connectivity index (χ4v) is 6.13. The third kappa shape index (κ3) is 4.36. The van der Waals surface area contributed by atoms with Crippen LogP contribution in [-0.2, 0) is 16.1 Å². The smallest absolute Gasteiger partial charge is 0.256 e. The van der Waals surface area contributed by atoms with E-state index < -0.39 is 16.8 Å². The molecule has 3 heterocycles. The van der Waals surface area contributed by atoms with Crippen LogP contribution in [0.5, 0.6) is 0 Å². The zero-order chi connectivity index (χ0) is 23.8. The molecule has 4 rings (SSSR count). The van der Waals surface area contributed by atoms with Crippen LogP contribution < -0.4 is 10.6 Å². The van der Waals surface area contributed by atoms with Crippen molar-refractivity contribution in [3.63, 3.8) is 0 Å². The van der Waals surface area contributed by atoms with Gasteiger partial charge in [0.2, 0.25) is 11.8 Å². The Hall–Kier alpha value is -2.87. The number of carbonyl (C=O) groups excluding carboxylic acids is 3. The van der Waals surface area contributed by atoms with E-state index in [-0.39, 0.29) is 29.0 Å². The maximum Gasteiger partial charge on any atom is 0.256 e. The van der Waals surface area contributed by atoms with Crippen LogP contribution in [0.3, 0.4) is 0 Å². The molecule has 0 saturated carbocycles. The van der Waals surface area contributed by atoms with E-state index >= 15 is 0 Å². The maximum atomic E-state index is 13.6. The van der Waals surface area contributed by atoms with Crippen LogP contribution >= 0.6 is 11.8 Å². The molecule has 2 aliphatic heterocycles. The zero-order valence-electron chi connectivity index (χ0n) is 19.4. The number of aromatic nitrogens is 1. The summed E-state index contributed by atoms with van der Waals surface area (Å²) in [5.41, 5.74) is 2.53. The molecule has 2 N–H and O–H groups in total. The van der Waals surface area contributed by atoms with Gasteiger partial charge >= 0.3 is 0 Å². The summed E-state index contributed by atoms with van der Waals surface area (Å²) in [6.45, 7) is 8.27. The predicted octanol–water partition coefficient (Wildman–Crippen LogP) is 3.28. The van der Waals surface area contributed by atoms with Gasteiger partial charge in [-0.2, -0.15) is 0 Å². The monoisotopic (exact) mass is 466 g/mol. The molecule has 0 spiro atoms. The molecule has 4 unspecified atom stereocenters. The van der Waals surface area contributed by atoms with Crippen molar-refractivity contribution in [2.75, 3.05) is 0 Å². The Kier molecular flexibility index (Phi) is 6.47. The SMILES string of the molecule is CCC(C)C(NC(=O)C1N2C(=O)c3ccccc3C2SC1(C)C)C(=O)NCc1ccncc1. The van der Waals surface area contributed by atoms with Gasteiger partial charge in [-0.3, -0.25) is 19.4 Å². The van der Waals surface area contributed by atoms with Crippen LogP contribution in [0.1, 0.15) is 61.0 Å². The average molecular weight is 467 g/mol. The summed E-state index contributed by atoms with van der Waals surface area (Å²) in [5, 5.41) is 5.73. The number of hydrogen-bond acceptors (Lipinski definition) is 5. The number of amides is 3. The Morgan fingerprint density at radius 2 is 1.88 bits per heavy atom. The lowest BCUT2D eigenvalue weighted by molar-refractivity contribution is -0.133. The second kappa shape index (κ2) is 9.17. The fourth-order valence-electron chi connectivity index (χ4n) is 4.54. The normalized spacial score (nSPS) is 22.3. The van der Waals surface area contributed by atoms with Gasteiger partial charge in [-0.1, -0.05) is 38.5 Å². The summed E-state index contributed by atoms with van der Waals surface area (Å²) < 4.78 is -0.495. The quantitative estimate of drug-likeness (QED) is 0.654. The summed E-state index contributed by atoms with van der Waals surface area (Å²) in [6.07, 6.45) is 4.08. The van der Waals surface area contributed by atoms with Crippen LogP contribution in [0.25, 0.3) is 0 Å². The lowest BCUT2D eigenvalue weighted by atomic mass is 9.95. The standard InChI is InChI=1S/C25H30N4O3S/c1-5-15(2)19(21(30)27-14-16-10-12-26-13-11-16)28-22(31)20-25(3,4)33-24-18-9-7-6-8-17(18)23(32)29(20)24/h6-13,15,19-20,24H,5,14H2,1-4H3,(H,27,30)(H,28,31). The number of hydrogen-bond donors (Lipinski definition) is 2. The fraction of sp³-hybridized carbons (Fsp3) is 0.440. The molecule has 2 aliphatic rings. The van der Waals surface area contributed by atoms with E-state index in [1.807, 2.05) is 64.1 Å². The molecule has 0 aliphatic carbocycles. The van der Waals surface area contributed by atoms with E-state index in [9.17, 15) is 14.4 Å². The van der Waals surface area contributed by atoms with Gasteiger partial charge in [0.1, 0.15) is 17.5 Å². The summed E-state index contributed by atoms with van der Waals surface area (Å²) in [6, 6.07) is 9.84. The van der Waals surface area contributed by atoms with Crippen molar-refractivity contribution >= 4 is 29.5 Å². The average Bonchev–Trinajstić information content (AvgIpc) is 3.24. The highest BCUT2D eigenvalue weighted by atomic mass is 32.2. The minimum absolute atomic E-state index is 0.0640. The Balaban J connectivity index is 1.53. The number of carbonyl (C=O) groups is 3. The molecule has 1 aromatic heterocycles. The van der Waals surface area contributed by atoms with Crippen molar-refractivity contribution in [1.29, 1.82) is 0 Å². The van der Waals surface area contributed by atoms with Crippen LogP contribution in [0.15, 0.2) is 48.8 Å². The van der Waals surface area contributed by atoms with Gasteiger partial charge in [0.25, 0.3) is 5.91 Å². The molecule has 8 heteroatoms. The number of benzene rings is 1. The first-order valence-corrected chi connectivity index (χ1v) is 12.2. The summed E-state index contributed by atoms with van der Waals surface area (Å²) in [7, 11) is 0. The molecular formula is C25H30N4O3S. The highest BCUT2D eigenvalue weighted by Gasteiger charge is 2.57. The number of thioether (sulfide) groups is 1. The Labute approximate surface area is 198 Å². The third-order valence-electron chi connectivity index (χ3n) is 6.55. The van der Waals surface area contributed by atoms with E-state index in [1.54, 1.807) is 29.1 Å². The van der Waals surface area contributed by atoms with Crippen LogP contribution in [0.2, 0.25) is 0 Å². The molecule has 0 bridgehead atoms.